The molecule has 1 amide bonds. The van der Waals surface area contributed by atoms with E-state index < -0.39 is 0 Å². The van der Waals surface area contributed by atoms with Crippen molar-refractivity contribution in [2.45, 2.75) is 26.7 Å². The van der Waals surface area contributed by atoms with Crippen molar-refractivity contribution in [2.75, 3.05) is 37.7 Å². The molecule has 7 nitrogen and oxygen atoms in total. The number of rotatable bonds is 6. The van der Waals surface area contributed by atoms with Crippen LogP contribution in [0.25, 0.3) is 0 Å². The van der Waals surface area contributed by atoms with Crippen molar-refractivity contribution < 1.29 is 14.1 Å². The highest BCUT2D eigenvalue weighted by Crippen LogP contribution is 2.16. The molecular formula is C18H24N4O3. The van der Waals surface area contributed by atoms with Gasteiger partial charge in [0.2, 0.25) is 0 Å². The number of hydrogen-bond acceptors (Lipinski definition) is 6. The van der Waals surface area contributed by atoms with Gasteiger partial charge in [0.25, 0.3) is 5.91 Å². The second kappa shape index (κ2) is 8.11. The topological polar surface area (TPSA) is 80.5 Å². The van der Waals surface area contributed by atoms with Crippen molar-refractivity contribution in [1.82, 2.24) is 15.5 Å². The molecule has 0 aliphatic carbocycles. The summed E-state index contributed by atoms with van der Waals surface area (Å²) in [6.45, 7) is 7.54. The summed E-state index contributed by atoms with van der Waals surface area (Å²) in [5, 5.41) is 6.88. The maximum atomic E-state index is 12.3. The van der Waals surface area contributed by atoms with E-state index in [4.69, 9.17) is 9.26 Å². The third-order valence-electron chi connectivity index (χ3n) is 4.42. The van der Waals surface area contributed by atoms with Crippen LogP contribution >= 0.6 is 0 Å². The smallest absolute Gasteiger partial charge is 0.269 e. The fourth-order valence-corrected chi connectivity index (χ4v) is 2.98. The summed E-state index contributed by atoms with van der Waals surface area (Å²) < 4.78 is 10.5. The average molecular weight is 344 g/mol. The first-order valence-corrected chi connectivity index (χ1v) is 8.64. The first-order chi connectivity index (χ1) is 12.1. The van der Waals surface area contributed by atoms with Crippen molar-refractivity contribution in [3.05, 3.63) is 41.0 Å². The molecule has 0 bridgehead atoms. The zero-order valence-electron chi connectivity index (χ0n) is 14.7. The van der Waals surface area contributed by atoms with Crippen LogP contribution < -0.4 is 10.2 Å². The standard InChI is InChI=1S/C18H24N4O3/c1-13-16(14(2)25-21-13)4-3-6-20-18(23)17-12-15(5-7-19-17)22-8-10-24-11-9-22/h5,7,12H,3-4,6,8-11H2,1-2H3,(H,20,23). The molecule has 2 aromatic heterocycles. The molecule has 0 unspecified atom stereocenters. The van der Waals surface area contributed by atoms with E-state index >= 15 is 0 Å². The Kier molecular flexibility index (Phi) is 5.65. The highest BCUT2D eigenvalue weighted by molar-refractivity contribution is 5.93. The largest absolute Gasteiger partial charge is 0.378 e. The molecule has 0 radical (unpaired) electrons. The number of anilines is 1. The Bertz CT molecular complexity index is 703. The maximum absolute atomic E-state index is 12.3. The van der Waals surface area contributed by atoms with Gasteiger partial charge in [-0.1, -0.05) is 5.16 Å². The van der Waals surface area contributed by atoms with Gasteiger partial charge in [0, 0.05) is 37.1 Å². The minimum absolute atomic E-state index is 0.145. The number of pyridine rings is 1. The molecule has 1 saturated heterocycles. The third kappa shape index (κ3) is 4.36. The number of ether oxygens (including phenoxy) is 1. The van der Waals surface area contributed by atoms with Gasteiger partial charge in [0.15, 0.2) is 0 Å². The van der Waals surface area contributed by atoms with Gasteiger partial charge >= 0.3 is 0 Å². The highest BCUT2D eigenvalue weighted by atomic mass is 16.5. The van der Waals surface area contributed by atoms with Gasteiger partial charge in [-0.05, 0) is 38.8 Å². The van der Waals surface area contributed by atoms with Crippen LogP contribution in [0.2, 0.25) is 0 Å². The first-order valence-electron chi connectivity index (χ1n) is 8.64. The average Bonchev–Trinajstić information content (AvgIpc) is 2.97. The second-order valence-electron chi connectivity index (χ2n) is 6.16. The van der Waals surface area contributed by atoms with Gasteiger partial charge in [0.05, 0.1) is 18.9 Å². The minimum atomic E-state index is -0.145. The lowest BCUT2D eigenvalue weighted by molar-refractivity contribution is 0.0948. The van der Waals surface area contributed by atoms with Crippen LogP contribution in [0.1, 0.15) is 33.9 Å². The lowest BCUT2D eigenvalue weighted by atomic mass is 10.1. The molecule has 25 heavy (non-hydrogen) atoms. The molecule has 1 aliphatic heterocycles. The number of amides is 1. The quantitative estimate of drug-likeness (QED) is 0.806. The van der Waals surface area contributed by atoms with Gasteiger partial charge < -0.3 is 19.5 Å². The minimum Gasteiger partial charge on any atom is -0.378 e. The monoisotopic (exact) mass is 344 g/mol. The number of morpholine rings is 1. The Morgan fingerprint density at radius 1 is 1.32 bits per heavy atom. The van der Waals surface area contributed by atoms with E-state index in [1.807, 2.05) is 26.0 Å². The molecule has 1 aliphatic rings. The molecule has 3 rings (SSSR count). The van der Waals surface area contributed by atoms with Crippen molar-refractivity contribution in [1.29, 1.82) is 0 Å². The van der Waals surface area contributed by atoms with E-state index in [1.54, 1.807) is 6.20 Å². The fraction of sp³-hybridized carbons (Fsp3) is 0.500. The summed E-state index contributed by atoms with van der Waals surface area (Å²) in [5.41, 5.74) is 3.51. The molecule has 1 fully saturated rings. The summed E-state index contributed by atoms with van der Waals surface area (Å²) in [7, 11) is 0. The van der Waals surface area contributed by atoms with E-state index in [9.17, 15) is 4.79 Å². The van der Waals surface area contributed by atoms with E-state index in [2.05, 4.69) is 20.4 Å². The predicted molar refractivity (Wildman–Crippen MR) is 93.9 cm³/mol. The number of carbonyl (C=O) groups is 1. The fourth-order valence-electron chi connectivity index (χ4n) is 2.98. The molecule has 0 atom stereocenters. The van der Waals surface area contributed by atoms with Crippen LogP contribution in [-0.2, 0) is 11.2 Å². The zero-order valence-corrected chi connectivity index (χ0v) is 14.7. The van der Waals surface area contributed by atoms with E-state index in [0.29, 0.717) is 25.5 Å². The first kappa shape index (κ1) is 17.4. The molecule has 1 N–H and O–H groups in total. The maximum Gasteiger partial charge on any atom is 0.269 e. The molecule has 2 aromatic rings. The molecular weight excluding hydrogens is 320 g/mol. The van der Waals surface area contributed by atoms with Crippen LogP contribution in [0.4, 0.5) is 5.69 Å². The number of aromatic nitrogens is 2. The number of aryl methyl sites for hydroxylation is 2. The number of nitrogens with zero attached hydrogens (tertiary/aromatic N) is 3. The Morgan fingerprint density at radius 3 is 2.84 bits per heavy atom. The lowest BCUT2D eigenvalue weighted by Crippen LogP contribution is -2.36. The molecule has 7 heteroatoms. The van der Waals surface area contributed by atoms with Crippen molar-refractivity contribution >= 4 is 11.6 Å². The lowest BCUT2D eigenvalue weighted by Gasteiger charge is -2.28. The zero-order chi connectivity index (χ0) is 17.6. The Morgan fingerprint density at radius 2 is 2.12 bits per heavy atom. The van der Waals surface area contributed by atoms with Crippen LogP contribution in [0, 0.1) is 13.8 Å². The predicted octanol–water partition coefficient (Wildman–Crippen LogP) is 1.89. The summed E-state index contributed by atoms with van der Waals surface area (Å²) in [6, 6.07) is 3.77. The van der Waals surface area contributed by atoms with Crippen LogP contribution in [0.5, 0.6) is 0 Å². The number of carbonyl (C=O) groups excluding carboxylic acids is 1. The van der Waals surface area contributed by atoms with Crippen LogP contribution in [0.15, 0.2) is 22.9 Å². The second-order valence-corrected chi connectivity index (χ2v) is 6.16. The van der Waals surface area contributed by atoms with Gasteiger partial charge in [-0.2, -0.15) is 0 Å². The molecule has 134 valence electrons. The molecule has 0 aromatic carbocycles. The van der Waals surface area contributed by atoms with Gasteiger partial charge in [-0.25, -0.2) is 0 Å². The van der Waals surface area contributed by atoms with Gasteiger partial charge in [-0.3, -0.25) is 9.78 Å². The number of nitrogens with one attached hydrogen (secondary N) is 1. The number of hydrogen-bond donors (Lipinski definition) is 1. The summed E-state index contributed by atoms with van der Waals surface area (Å²) in [4.78, 5) is 18.7. The van der Waals surface area contributed by atoms with Crippen molar-refractivity contribution in [3.8, 4) is 0 Å². The summed E-state index contributed by atoms with van der Waals surface area (Å²) in [5.74, 6) is 0.706. The Hall–Kier alpha value is -2.41. The Labute approximate surface area is 147 Å². The molecule has 3 heterocycles. The van der Waals surface area contributed by atoms with Crippen LogP contribution in [0.3, 0.4) is 0 Å². The van der Waals surface area contributed by atoms with E-state index in [-0.39, 0.29) is 5.91 Å². The normalized spacial score (nSPS) is 14.6. The summed E-state index contributed by atoms with van der Waals surface area (Å²) >= 11 is 0. The van der Waals surface area contributed by atoms with Gasteiger partial charge in [-0.15, -0.1) is 0 Å². The van der Waals surface area contributed by atoms with Gasteiger partial charge in [0.1, 0.15) is 11.5 Å². The third-order valence-corrected chi connectivity index (χ3v) is 4.42. The van der Waals surface area contributed by atoms with Crippen molar-refractivity contribution in [3.63, 3.8) is 0 Å². The molecule has 0 saturated carbocycles. The van der Waals surface area contributed by atoms with E-state index in [0.717, 1.165) is 48.6 Å². The molecule has 0 spiro atoms. The van der Waals surface area contributed by atoms with Crippen LogP contribution in [-0.4, -0.2) is 48.9 Å². The highest BCUT2D eigenvalue weighted by Gasteiger charge is 2.14. The summed E-state index contributed by atoms with van der Waals surface area (Å²) in [6.07, 6.45) is 3.35. The Balaban J connectivity index is 1.51. The SMILES string of the molecule is Cc1noc(C)c1CCCNC(=O)c1cc(N2CCOCC2)ccn1. The van der Waals surface area contributed by atoms with Crippen molar-refractivity contribution in [2.24, 2.45) is 0 Å². The van der Waals surface area contributed by atoms with E-state index in [1.165, 1.54) is 0 Å².